The van der Waals surface area contributed by atoms with Gasteiger partial charge < -0.3 is 19.5 Å². The van der Waals surface area contributed by atoms with E-state index in [-0.39, 0.29) is 18.8 Å². The predicted molar refractivity (Wildman–Crippen MR) is 117 cm³/mol. The standard InChI is InChI=1S/C22H29N3O5S/c1-28-19-6-3-5-17(12-19)22(14-25-31(23,26)27)10-8-18(9-11-22)24-13-16-4-2-7-20-21(16)30-15-29-20/h2-7,12,18,24-25H,8-11,13-15H2,1H3,(H2,23,26,27). The number of rotatable bonds is 8. The Kier molecular flexibility index (Phi) is 6.38. The molecule has 1 aliphatic heterocycles. The number of nitrogens with two attached hydrogens (primary N) is 1. The van der Waals surface area contributed by atoms with Crippen LogP contribution >= 0.6 is 0 Å². The first-order chi connectivity index (χ1) is 14.9. The van der Waals surface area contributed by atoms with Crippen LogP contribution in [0.3, 0.4) is 0 Å². The van der Waals surface area contributed by atoms with Crippen LogP contribution in [0.2, 0.25) is 0 Å². The highest BCUT2D eigenvalue weighted by molar-refractivity contribution is 7.87. The van der Waals surface area contributed by atoms with E-state index in [1.807, 2.05) is 42.5 Å². The van der Waals surface area contributed by atoms with E-state index in [0.717, 1.165) is 54.1 Å². The molecule has 0 aromatic heterocycles. The fraction of sp³-hybridized carbons (Fsp3) is 0.455. The van der Waals surface area contributed by atoms with Crippen LogP contribution in [0.4, 0.5) is 0 Å². The second-order valence-corrected chi connectivity index (χ2v) is 9.56. The maximum atomic E-state index is 11.6. The van der Waals surface area contributed by atoms with Gasteiger partial charge in [-0.3, -0.25) is 0 Å². The average molecular weight is 448 g/mol. The molecule has 0 amide bonds. The van der Waals surface area contributed by atoms with Gasteiger partial charge in [-0.2, -0.15) is 8.42 Å². The second kappa shape index (κ2) is 9.04. The number of para-hydroxylation sites is 1. The Labute approximate surface area is 183 Å². The van der Waals surface area contributed by atoms with Gasteiger partial charge in [-0.15, -0.1) is 0 Å². The smallest absolute Gasteiger partial charge is 0.274 e. The Balaban J connectivity index is 1.44. The van der Waals surface area contributed by atoms with Crippen LogP contribution in [0.15, 0.2) is 42.5 Å². The van der Waals surface area contributed by atoms with Crippen LogP contribution in [0, 0.1) is 0 Å². The molecule has 1 heterocycles. The molecule has 0 bridgehead atoms. The van der Waals surface area contributed by atoms with Gasteiger partial charge >= 0.3 is 0 Å². The summed E-state index contributed by atoms with van der Waals surface area (Å²) in [6.45, 7) is 1.22. The predicted octanol–water partition coefficient (Wildman–Crippen LogP) is 2.19. The second-order valence-electron chi connectivity index (χ2n) is 8.18. The molecule has 4 rings (SSSR count). The molecule has 2 aliphatic rings. The Morgan fingerprint density at radius 3 is 2.68 bits per heavy atom. The van der Waals surface area contributed by atoms with E-state index in [1.165, 1.54) is 0 Å². The van der Waals surface area contributed by atoms with Crippen molar-refractivity contribution in [3.05, 3.63) is 53.6 Å². The molecule has 1 saturated carbocycles. The number of hydrogen-bond donors (Lipinski definition) is 3. The molecule has 31 heavy (non-hydrogen) atoms. The van der Waals surface area contributed by atoms with Gasteiger partial charge in [-0.05, 0) is 49.4 Å². The number of hydrogen-bond acceptors (Lipinski definition) is 6. The van der Waals surface area contributed by atoms with E-state index in [9.17, 15) is 8.42 Å². The Morgan fingerprint density at radius 1 is 1.16 bits per heavy atom. The summed E-state index contributed by atoms with van der Waals surface area (Å²) in [5.41, 5.74) is 1.81. The monoisotopic (exact) mass is 447 g/mol. The summed E-state index contributed by atoms with van der Waals surface area (Å²) >= 11 is 0. The van der Waals surface area contributed by atoms with Crippen molar-refractivity contribution >= 4 is 10.2 Å². The van der Waals surface area contributed by atoms with Crippen molar-refractivity contribution in [2.75, 3.05) is 20.4 Å². The third kappa shape index (κ3) is 5.12. The molecule has 1 fully saturated rings. The Hall–Kier alpha value is -2.33. The van der Waals surface area contributed by atoms with E-state index in [0.29, 0.717) is 12.6 Å². The summed E-state index contributed by atoms with van der Waals surface area (Å²) in [5.74, 6) is 2.36. The molecule has 0 radical (unpaired) electrons. The van der Waals surface area contributed by atoms with Crippen LogP contribution in [-0.4, -0.2) is 34.9 Å². The average Bonchev–Trinajstić information content (AvgIpc) is 3.26. The van der Waals surface area contributed by atoms with Crippen molar-refractivity contribution in [1.82, 2.24) is 10.0 Å². The molecule has 1 aliphatic carbocycles. The van der Waals surface area contributed by atoms with Crippen LogP contribution in [0.5, 0.6) is 17.2 Å². The third-order valence-electron chi connectivity index (χ3n) is 6.30. The summed E-state index contributed by atoms with van der Waals surface area (Å²) in [6.07, 6.45) is 3.48. The van der Waals surface area contributed by atoms with E-state index < -0.39 is 10.2 Å². The summed E-state index contributed by atoms with van der Waals surface area (Å²) < 4.78 is 42.1. The number of ether oxygens (including phenoxy) is 3. The van der Waals surface area contributed by atoms with Gasteiger partial charge in [-0.25, -0.2) is 9.86 Å². The molecular weight excluding hydrogens is 418 g/mol. The first kappa shape index (κ1) is 21.9. The normalized spacial score (nSPS) is 23.0. The Morgan fingerprint density at radius 2 is 1.94 bits per heavy atom. The largest absolute Gasteiger partial charge is 0.497 e. The Bertz CT molecular complexity index is 1020. The number of benzene rings is 2. The zero-order valence-corrected chi connectivity index (χ0v) is 18.4. The van der Waals surface area contributed by atoms with E-state index in [4.69, 9.17) is 19.3 Å². The van der Waals surface area contributed by atoms with Crippen LogP contribution < -0.4 is 29.4 Å². The lowest BCUT2D eigenvalue weighted by Gasteiger charge is -2.41. The van der Waals surface area contributed by atoms with Crippen molar-refractivity contribution in [2.45, 2.75) is 43.7 Å². The fourth-order valence-corrected chi connectivity index (χ4v) is 5.00. The number of methoxy groups -OCH3 is 1. The maximum Gasteiger partial charge on any atom is 0.274 e. The highest BCUT2D eigenvalue weighted by Gasteiger charge is 2.37. The minimum Gasteiger partial charge on any atom is -0.497 e. The van der Waals surface area contributed by atoms with Gasteiger partial charge in [-0.1, -0.05) is 24.3 Å². The number of fused-ring (bicyclic) bond motifs is 1. The third-order valence-corrected chi connectivity index (χ3v) is 6.84. The van der Waals surface area contributed by atoms with Crippen LogP contribution in [-0.2, 0) is 22.2 Å². The van der Waals surface area contributed by atoms with Crippen molar-refractivity contribution in [3.8, 4) is 17.2 Å². The lowest BCUT2D eigenvalue weighted by molar-refractivity contribution is 0.173. The molecule has 2 aromatic carbocycles. The van der Waals surface area contributed by atoms with Crippen molar-refractivity contribution < 1.29 is 22.6 Å². The van der Waals surface area contributed by atoms with Crippen LogP contribution in [0.1, 0.15) is 36.8 Å². The quantitative estimate of drug-likeness (QED) is 0.572. The van der Waals surface area contributed by atoms with Gasteiger partial charge in [0.15, 0.2) is 11.5 Å². The molecule has 0 atom stereocenters. The number of nitrogens with one attached hydrogen (secondary N) is 2. The van der Waals surface area contributed by atoms with Gasteiger partial charge in [0.2, 0.25) is 6.79 Å². The van der Waals surface area contributed by atoms with Gasteiger partial charge in [0.25, 0.3) is 10.2 Å². The lowest BCUT2D eigenvalue weighted by Crippen LogP contribution is -2.47. The lowest BCUT2D eigenvalue weighted by atomic mass is 9.68. The van der Waals surface area contributed by atoms with E-state index >= 15 is 0 Å². The zero-order valence-electron chi connectivity index (χ0n) is 17.6. The maximum absolute atomic E-state index is 11.6. The topological polar surface area (TPSA) is 112 Å². The van der Waals surface area contributed by atoms with Crippen molar-refractivity contribution in [2.24, 2.45) is 5.14 Å². The summed E-state index contributed by atoms with van der Waals surface area (Å²) in [7, 11) is -2.14. The highest BCUT2D eigenvalue weighted by Crippen LogP contribution is 2.41. The molecule has 4 N–H and O–H groups in total. The first-order valence-electron chi connectivity index (χ1n) is 10.4. The zero-order chi connectivity index (χ0) is 21.9. The SMILES string of the molecule is COc1cccc(C2(CNS(N)(=O)=O)CCC(NCc3cccc4c3OCO4)CC2)c1. The highest BCUT2D eigenvalue weighted by atomic mass is 32.2. The van der Waals surface area contributed by atoms with Gasteiger partial charge in [0.1, 0.15) is 5.75 Å². The van der Waals surface area contributed by atoms with Crippen molar-refractivity contribution in [3.63, 3.8) is 0 Å². The summed E-state index contributed by atoms with van der Waals surface area (Å²) in [5, 5.41) is 8.86. The fourth-order valence-electron chi connectivity index (χ4n) is 4.52. The van der Waals surface area contributed by atoms with Gasteiger partial charge in [0, 0.05) is 30.1 Å². The molecule has 168 valence electrons. The molecule has 2 aromatic rings. The minimum absolute atomic E-state index is 0.260. The van der Waals surface area contributed by atoms with Crippen molar-refractivity contribution in [1.29, 1.82) is 0 Å². The first-order valence-corrected chi connectivity index (χ1v) is 12.0. The molecule has 0 unspecified atom stereocenters. The molecule has 9 heteroatoms. The molecular formula is C22H29N3O5S. The molecule has 8 nitrogen and oxygen atoms in total. The summed E-state index contributed by atoms with van der Waals surface area (Å²) in [6, 6.07) is 14.1. The minimum atomic E-state index is -3.77. The summed E-state index contributed by atoms with van der Waals surface area (Å²) in [4.78, 5) is 0. The van der Waals surface area contributed by atoms with Gasteiger partial charge in [0.05, 0.1) is 7.11 Å². The van der Waals surface area contributed by atoms with E-state index in [1.54, 1.807) is 7.11 Å². The molecule has 0 spiro atoms. The van der Waals surface area contributed by atoms with E-state index in [2.05, 4.69) is 10.0 Å². The molecule has 0 saturated heterocycles. The van der Waals surface area contributed by atoms with Crippen LogP contribution in [0.25, 0.3) is 0 Å².